The van der Waals surface area contributed by atoms with E-state index in [1.54, 1.807) is 36.4 Å². The molecule has 8 heteroatoms. The van der Waals surface area contributed by atoms with Crippen LogP contribution in [0.25, 0.3) is 17.4 Å². The second kappa shape index (κ2) is 8.75. The van der Waals surface area contributed by atoms with Gasteiger partial charge >= 0.3 is 0 Å². The third-order valence-electron chi connectivity index (χ3n) is 4.37. The third kappa shape index (κ3) is 4.50. The molecule has 0 radical (unpaired) electrons. The summed E-state index contributed by atoms with van der Waals surface area (Å²) in [6.45, 7) is -0.300. The number of hydrogen-bond donors (Lipinski definition) is 0. The summed E-state index contributed by atoms with van der Waals surface area (Å²) in [5.74, 6) is 0.301. The van der Waals surface area contributed by atoms with Crippen LogP contribution in [-0.4, -0.2) is 28.4 Å². The van der Waals surface area contributed by atoms with E-state index in [1.807, 2.05) is 24.3 Å². The molecule has 3 aromatic rings. The molecule has 5 nitrogen and oxygen atoms in total. The highest BCUT2D eigenvalue weighted by Gasteiger charge is 2.36. The molecule has 0 saturated carbocycles. The molecular formula is C22H13Br2NO4S. The van der Waals surface area contributed by atoms with Crippen LogP contribution in [0.15, 0.2) is 78.9 Å². The van der Waals surface area contributed by atoms with Crippen molar-refractivity contribution in [3.8, 4) is 11.3 Å². The SMILES string of the molecule is O=C(CN1C(=O)S/C(=C/c2ccc(-c3ccc(Br)cc3)o2)C1=O)c1ccc(Br)cc1. The number of furan rings is 1. The van der Waals surface area contributed by atoms with Crippen LogP contribution in [0.4, 0.5) is 4.79 Å². The van der Waals surface area contributed by atoms with E-state index in [4.69, 9.17) is 4.42 Å². The van der Waals surface area contributed by atoms with Gasteiger partial charge in [0.05, 0.1) is 11.4 Å². The molecule has 1 aliphatic rings. The van der Waals surface area contributed by atoms with Gasteiger partial charge in [0.1, 0.15) is 11.5 Å². The average molecular weight is 547 g/mol. The smallest absolute Gasteiger partial charge is 0.293 e. The van der Waals surface area contributed by atoms with Crippen molar-refractivity contribution in [1.29, 1.82) is 0 Å². The molecule has 0 aliphatic carbocycles. The normalized spacial score (nSPS) is 15.3. The highest BCUT2D eigenvalue weighted by molar-refractivity contribution is 9.10. The van der Waals surface area contributed by atoms with Gasteiger partial charge < -0.3 is 4.42 Å². The number of ketones is 1. The van der Waals surface area contributed by atoms with Crippen molar-refractivity contribution in [2.45, 2.75) is 0 Å². The summed E-state index contributed by atoms with van der Waals surface area (Å²) in [6, 6.07) is 17.9. The van der Waals surface area contributed by atoms with Crippen molar-refractivity contribution >= 4 is 66.6 Å². The molecule has 0 bridgehead atoms. The first kappa shape index (κ1) is 20.8. The van der Waals surface area contributed by atoms with E-state index >= 15 is 0 Å². The first-order valence-electron chi connectivity index (χ1n) is 8.80. The fraction of sp³-hybridized carbons (Fsp3) is 0.0455. The van der Waals surface area contributed by atoms with Gasteiger partial charge in [-0.15, -0.1) is 0 Å². The van der Waals surface area contributed by atoms with Crippen LogP contribution in [0.2, 0.25) is 0 Å². The molecule has 1 saturated heterocycles. The van der Waals surface area contributed by atoms with E-state index in [-0.39, 0.29) is 17.2 Å². The van der Waals surface area contributed by atoms with Crippen LogP contribution in [0.5, 0.6) is 0 Å². The molecule has 1 aliphatic heterocycles. The minimum absolute atomic E-state index is 0.223. The number of carbonyl (C=O) groups is 3. The Balaban J connectivity index is 1.49. The number of Topliss-reactive ketones (excluding diaryl/α,β-unsaturated/α-hetero) is 1. The predicted octanol–water partition coefficient (Wildman–Crippen LogP) is 6.39. The first-order chi connectivity index (χ1) is 14.4. The standard InChI is InChI=1S/C22H13Br2NO4S/c23-15-5-1-13(2-6-15)18(26)12-25-21(27)20(30-22(25)28)11-17-9-10-19(29-17)14-3-7-16(24)8-4-14/h1-11H,12H2/b20-11+. The zero-order chi connectivity index (χ0) is 21.3. The predicted molar refractivity (Wildman–Crippen MR) is 123 cm³/mol. The van der Waals surface area contributed by atoms with Crippen molar-refractivity contribution in [1.82, 2.24) is 4.90 Å². The number of carbonyl (C=O) groups excluding carboxylic acids is 3. The molecule has 1 fully saturated rings. The molecule has 2 amide bonds. The lowest BCUT2D eigenvalue weighted by atomic mass is 10.1. The molecule has 30 heavy (non-hydrogen) atoms. The summed E-state index contributed by atoms with van der Waals surface area (Å²) in [4.78, 5) is 38.6. The summed E-state index contributed by atoms with van der Waals surface area (Å²) in [5.41, 5.74) is 1.33. The van der Waals surface area contributed by atoms with E-state index < -0.39 is 11.1 Å². The van der Waals surface area contributed by atoms with Gasteiger partial charge in [-0.2, -0.15) is 0 Å². The number of thioether (sulfide) groups is 1. The lowest BCUT2D eigenvalue weighted by Gasteiger charge is -2.11. The zero-order valence-electron chi connectivity index (χ0n) is 15.3. The molecule has 0 atom stereocenters. The Hall–Kier alpha value is -2.42. The fourth-order valence-corrected chi connectivity index (χ4v) is 4.18. The summed E-state index contributed by atoms with van der Waals surface area (Å²) >= 11 is 7.50. The van der Waals surface area contributed by atoms with Crippen molar-refractivity contribution in [3.05, 3.63) is 85.8 Å². The minimum Gasteiger partial charge on any atom is -0.457 e. The molecule has 2 heterocycles. The van der Waals surface area contributed by atoms with E-state index in [0.29, 0.717) is 17.1 Å². The summed E-state index contributed by atoms with van der Waals surface area (Å²) in [6.07, 6.45) is 1.53. The third-order valence-corrected chi connectivity index (χ3v) is 6.34. The van der Waals surface area contributed by atoms with E-state index in [2.05, 4.69) is 31.9 Å². The highest BCUT2D eigenvalue weighted by atomic mass is 79.9. The Morgan fingerprint density at radius 2 is 1.57 bits per heavy atom. The van der Waals surface area contributed by atoms with Crippen LogP contribution in [0.1, 0.15) is 16.1 Å². The topological polar surface area (TPSA) is 67.6 Å². The average Bonchev–Trinajstić information content (AvgIpc) is 3.29. The second-order valence-corrected chi connectivity index (χ2v) is 9.23. The van der Waals surface area contributed by atoms with Crippen LogP contribution in [-0.2, 0) is 4.79 Å². The number of nitrogens with zero attached hydrogens (tertiary/aromatic N) is 1. The Morgan fingerprint density at radius 3 is 2.23 bits per heavy atom. The highest BCUT2D eigenvalue weighted by Crippen LogP contribution is 2.33. The van der Waals surface area contributed by atoms with Gasteiger partial charge in [0, 0.05) is 26.1 Å². The van der Waals surface area contributed by atoms with Crippen LogP contribution < -0.4 is 0 Å². The molecule has 2 aromatic carbocycles. The maximum Gasteiger partial charge on any atom is 0.293 e. The number of rotatable bonds is 5. The fourth-order valence-electron chi connectivity index (χ4n) is 2.84. The van der Waals surface area contributed by atoms with E-state index in [1.165, 1.54) is 6.08 Å². The Morgan fingerprint density at radius 1 is 0.933 bits per heavy atom. The molecular weight excluding hydrogens is 534 g/mol. The summed E-state index contributed by atoms with van der Waals surface area (Å²) < 4.78 is 7.60. The summed E-state index contributed by atoms with van der Waals surface area (Å²) in [5, 5.41) is -0.476. The maximum absolute atomic E-state index is 12.7. The van der Waals surface area contributed by atoms with Gasteiger partial charge in [-0.05, 0) is 48.2 Å². The number of amides is 2. The van der Waals surface area contributed by atoms with Gasteiger partial charge in [-0.3, -0.25) is 19.3 Å². The Kier molecular flexibility index (Phi) is 6.08. The lowest BCUT2D eigenvalue weighted by molar-refractivity contribution is -0.122. The van der Waals surface area contributed by atoms with Crippen molar-refractivity contribution in [3.63, 3.8) is 0 Å². The second-order valence-electron chi connectivity index (χ2n) is 6.41. The molecule has 0 N–H and O–H groups in total. The number of benzene rings is 2. The zero-order valence-corrected chi connectivity index (χ0v) is 19.3. The number of hydrogen-bond acceptors (Lipinski definition) is 5. The largest absolute Gasteiger partial charge is 0.457 e. The van der Waals surface area contributed by atoms with Crippen LogP contribution in [0.3, 0.4) is 0 Å². The molecule has 150 valence electrons. The quantitative estimate of drug-likeness (QED) is 0.274. The number of imide groups is 1. The maximum atomic E-state index is 12.7. The minimum atomic E-state index is -0.503. The molecule has 4 rings (SSSR count). The Labute approximate surface area is 193 Å². The monoisotopic (exact) mass is 545 g/mol. The van der Waals surface area contributed by atoms with Crippen molar-refractivity contribution in [2.24, 2.45) is 0 Å². The van der Waals surface area contributed by atoms with E-state index in [0.717, 1.165) is 31.2 Å². The van der Waals surface area contributed by atoms with Crippen LogP contribution in [0, 0.1) is 0 Å². The summed E-state index contributed by atoms with van der Waals surface area (Å²) in [7, 11) is 0. The molecule has 1 aromatic heterocycles. The van der Waals surface area contributed by atoms with Gasteiger partial charge in [0.15, 0.2) is 5.78 Å². The lowest BCUT2D eigenvalue weighted by Crippen LogP contribution is -2.33. The van der Waals surface area contributed by atoms with Gasteiger partial charge in [0.2, 0.25) is 0 Å². The van der Waals surface area contributed by atoms with Gasteiger partial charge in [-0.25, -0.2) is 0 Å². The van der Waals surface area contributed by atoms with Gasteiger partial charge in [-0.1, -0.05) is 56.1 Å². The molecule has 0 spiro atoms. The first-order valence-corrected chi connectivity index (χ1v) is 11.2. The van der Waals surface area contributed by atoms with Crippen molar-refractivity contribution < 1.29 is 18.8 Å². The Bertz CT molecular complexity index is 1170. The number of halogens is 2. The van der Waals surface area contributed by atoms with E-state index in [9.17, 15) is 14.4 Å². The molecule has 0 unspecified atom stereocenters. The van der Waals surface area contributed by atoms with Crippen LogP contribution >= 0.6 is 43.6 Å². The van der Waals surface area contributed by atoms with Gasteiger partial charge in [0.25, 0.3) is 11.1 Å². The van der Waals surface area contributed by atoms with Crippen molar-refractivity contribution in [2.75, 3.05) is 6.54 Å².